The summed E-state index contributed by atoms with van der Waals surface area (Å²) in [7, 11) is -2.86. The average molecular weight is 165 g/mol. The Kier molecular flexibility index (Phi) is 3.87. The lowest BCUT2D eigenvalue weighted by Gasteiger charge is -1.93. The molecule has 6 nitrogen and oxygen atoms in total. The van der Waals surface area contributed by atoms with Gasteiger partial charge in [-0.2, -0.15) is 5.11 Å². The molecular weight excluding hydrogens is 159 g/mol. The molecule has 2 unspecified atom stereocenters. The van der Waals surface area contributed by atoms with Crippen molar-refractivity contribution in [3.8, 4) is 0 Å². The number of nitrogens with one attached hydrogen (secondary N) is 1. The monoisotopic (exact) mass is 165 g/mol. The minimum Gasteiger partial charge on any atom is -0.295 e. The van der Waals surface area contributed by atoms with Gasteiger partial charge in [-0.25, -0.2) is 5.53 Å². The molecule has 7 heteroatoms. The normalized spacial score (nSPS) is 14.0. The molecule has 0 rings (SSSR count). The first-order valence-corrected chi connectivity index (χ1v) is 3.41. The first-order valence-electron chi connectivity index (χ1n) is 2.28. The Morgan fingerprint density at radius 2 is 2.40 bits per heavy atom. The van der Waals surface area contributed by atoms with Crippen molar-refractivity contribution in [3.05, 3.63) is 0 Å². The average Bonchev–Trinajstić information content (AvgIpc) is 1.81. The molecule has 10 heavy (non-hydrogen) atoms. The Bertz CT molecular complexity index is 170. The molecule has 0 spiro atoms. The van der Waals surface area contributed by atoms with E-state index in [1.54, 1.807) is 0 Å². The van der Waals surface area contributed by atoms with Gasteiger partial charge >= 0.3 is 8.25 Å². The molecule has 0 bridgehead atoms. The Labute approximate surface area is 57.7 Å². The van der Waals surface area contributed by atoms with Crippen LogP contribution < -0.4 is 0 Å². The third-order valence-corrected chi connectivity index (χ3v) is 1.04. The van der Waals surface area contributed by atoms with E-state index in [1.165, 1.54) is 0 Å². The lowest BCUT2D eigenvalue weighted by Crippen LogP contribution is -2.14. The number of rotatable bonds is 4. The molecule has 2 atom stereocenters. The predicted molar refractivity (Wildman–Crippen MR) is 30.5 cm³/mol. The summed E-state index contributed by atoms with van der Waals surface area (Å²) >= 11 is 0. The highest BCUT2D eigenvalue weighted by atomic mass is 31.1. The second-order valence-corrected chi connectivity index (χ2v) is 2.12. The summed E-state index contributed by atoms with van der Waals surface area (Å²) in [5, 5.41) is 2.66. The molecule has 0 amide bonds. The first kappa shape index (κ1) is 9.29. The fourth-order valence-electron chi connectivity index (χ4n) is 0.274. The third kappa shape index (κ3) is 3.34. The fourth-order valence-corrected chi connectivity index (χ4v) is 0.641. The lowest BCUT2D eigenvalue weighted by molar-refractivity contribution is -0.123. The van der Waals surface area contributed by atoms with Crippen LogP contribution in [0, 0.1) is 5.53 Å². The zero-order chi connectivity index (χ0) is 8.15. The summed E-state index contributed by atoms with van der Waals surface area (Å²) < 4.78 is 13.9. The second-order valence-electron chi connectivity index (χ2n) is 1.44. The molecule has 2 N–H and O–H groups in total. The third-order valence-electron chi connectivity index (χ3n) is 0.655. The molecule has 0 saturated heterocycles. The van der Waals surface area contributed by atoms with Crippen molar-refractivity contribution in [1.82, 2.24) is 0 Å². The van der Waals surface area contributed by atoms with Crippen molar-refractivity contribution < 1.29 is 18.8 Å². The van der Waals surface area contributed by atoms with Crippen molar-refractivity contribution >= 4 is 14.0 Å². The number of carbonyl (C=O) groups excluding carboxylic acids is 1. The zero-order valence-electron chi connectivity index (χ0n) is 5.14. The standard InChI is InChI=1S/C3H5N2O4P/c1-2(6)3(5-4)9-10(7)8/h3-4H,1H3/p+1. The molecular formula is C3H6N2O4P+. The molecule has 0 aromatic heterocycles. The Morgan fingerprint density at radius 1 is 1.90 bits per heavy atom. The van der Waals surface area contributed by atoms with Gasteiger partial charge in [-0.3, -0.25) is 4.79 Å². The first-order chi connectivity index (χ1) is 4.57. The van der Waals surface area contributed by atoms with Crippen LogP contribution >= 0.6 is 8.25 Å². The van der Waals surface area contributed by atoms with Crippen molar-refractivity contribution in [1.29, 1.82) is 5.53 Å². The SMILES string of the molecule is CC(=O)C(N=N)O[P+](=O)O. The lowest BCUT2D eigenvalue weighted by atomic mass is 10.4. The summed E-state index contributed by atoms with van der Waals surface area (Å²) in [6.45, 7) is 1.11. The molecule has 0 radical (unpaired) electrons. The number of hydrogen-bond donors (Lipinski definition) is 2. The van der Waals surface area contributed by atoms with Gasteiger partial charge in [0.25, 0.3) is 6.23 Å². The van der Waals surface area contributed by atoms with Gasteiger partial charge in [0, 0.05) is 4.57 Å². The van der Waals surface area contributed by atoms with Gasteiger partial charge in [-0.05, 0) is 6.92 Å². The van der Waals surface area contributed by atoms with E-state index in [0.717, 1.165) is 6.92 Å². The predicted octanol–water partition coefficient (Wildman–Crippen LogP) is 0.599. The molecule has 0 aromatic carbocycles. The van der Waals surface area contributed by atoms with Crippen LogP contribution in [-0.2, 0) is 13.9 Å². The van der Waals surface area contributed by atoms with Gasteiger partial charge in [0.15, 0.2) is 5.78 Å². The molecule has 0 heterocycles. The van der Waals surface area contributed by atoms with Crippen molar-refractivity contribution in [2.75, 3.05) is 0 Å². The molecule has 0 aromatic rings. The minimum atomic E-state index is -2.86. The maximum atomic E-state index is 10.3. The van der Waals surface area contributed by atoms with Crippen molar-refractivity contribution in [2.45, 2.75) is 13.2 Å². The summed E-state index contributed by atoms with van der Waals surface area (Å²) in [6.07, 6.45) is -1.44. The summed E-state index contributed by atoms with van der Waals surface area (Å²) in [4.78, 5) is 18.4. The van der Waals surface area contributed by atoms with Crippen LogP contribution in [0.2, 0.25) is 0 Å². The van der Waals surface area contributed by atoms with Gasteiger partial charge in [-0.15, -0.1) is 4.89 Å². The summed E-state index contributed by atoms with van der Waals surface area (Å²) in [5.74, 6) is -0.576. The van der Waals surface area contributed by atoms with E-state index in [4.69, 9.17) is 10.4 Å². The van der Waals surface area contributed by atoms with Crippen LogP contribution in [0.4, 0.5) is 0 Å². The van der Waals surface area contributed by atoms with Crippen LogP contribution in [-0.4, -0.2) is 16.9 Å². The van der Waals surface area contributed by atoms with Gasteiger partial charge in [0.2, 0.25) is 0 Å². The highest BCUT2D eigenvalue weighted by molar-refractivity contribution is 7.32. The van der Waals surface area contributed by atoms with Crippen LogP contribution in [0.15, 0.2) is 5.11 Å². The van der Waals surface area contributed by atoms with Crippen molar-refractivity contribution in [2.24, 2.45) is 5.11 Å². The molecule has 0 aliphatic carbocycles. The van der Waals surface area contributed by atoms with Gasteiger partial charge in [0.05, 0.1) is 0 Å². The Balaban J connectivity index is 3.96. The second kappa shape index (κ2) is 4.16. The Morgan fingerprint density at radius 3 is 2.50 bits per heavy atom. The maximum Gasteiger partial charge on any atom is 0.697 e. The molecule has 0 aliphatic heterocycles. The smallest absolute Gasteiger partial charge is 0.295 e. The minimum absolute atomic E-state index is 0.576. The Hall–Kier alpha value is -0.710. The van der Waals surface area contributed by atoms with E-state index in [1.807, 2.05) is 0 Å². The van der Waals surface area contributed by atoms with E-state index >= 15 is 0 Å². The number of nitrogens with zero attached hydrogens (tertiary/aromatic N) is 1. The quantitative estimate of drug-likeness (QED) is 0.470. The summed E-state index contributed by atoms with van der Waals surface area (Å²) in [5.41, 5.74) is 6.32. The molecule has 0 aliphatic rings. The maximum absolute atomic E-state index is 10.3. The number of carbonyl (C=O) groups is 1. The van der Waals surface area contributed by atoms with E-state index in [-0.39, 0.29) is 0 Å². The van der Waals surface area contributed by atoms with Gasteiger partial charge < -0.3 is 0 Å². The van der Waals surface area contributed by atoms with Crippen LogP contribution in [0.3, 0.4) is 0 Å². The largest absolute Gasteiger partial charge is 0.697 e. The van der Waals surface area contributed by atoms with Gasteiger partial charge in [0.1, 0.15) is 0 Å². The highest BCUT2D eigenvalue weighted by Crippen LogP contribution is 2.18. The van der Waals surface area contributed by atoms with E-state index < -0.39 is 20.3 Å². The van der Waals surface area contributed by atoms with Gasteiger partial charge in [-0.1, -0.05) is 4.52 Å². The van der Waals surface area contributed by atoms with Crippen LogP contribution in [0.1, 0.15) is 6.92 Å². The molecule has 0 saturated carbocycles. The highest BCUT2D eigenvalue weighted by Gasteiger charge is 2.25. The van der Waals surface area contributed by atoms with E-state index in [2.05, 4.69) is 9.64 Å². The van der Waals surface area contributed by atoms with E-state index in [9.17, 15) is 9.36 Å². The number of Topliss-reactive ketones (excluding diaryl/α,β-unsaturated/α-hetero) is 1. The fraction of sp³-hybridized carbons (Fsp3) is 0.667. The van der Waals surface area contributed by atoms with Crippen LogP contribution in [0.25, 0.3) is 0 Å². The van der Waals surface area contributed by atoms with Crippen LogP contribution in [0.5, 0.6) is 0 Å². The van der Waals surface area contributed by atoms with E-state index in [0.29, 0.717) is 0 Å². The number of hydrogen-bond acceptors (Lipinski definition) is 5. The zero-order valence-corrected chi connectivity index (χ0v) is 6.04. The number of ketones is 1. The molecule has 0 fully saturated rings. The molecule has 56 valence electrons. The summed E-state index contributed by atoms with van der Waals surface area (Å²) in [6, 6.07) is 0. The van der Waals surface area contributed by atoms with Crippen molar-refractivity contribution in [3.63, 3.8) is 0 Å². The topological polar surface area (TPSA) is 99.8 Å².